The van der Waals surface area contributed by atoms with E-state index in [1.165, 1.54) is 10.4 Å². The highest BCUT2D eigenvalue weighted by molar-refractivity contribution is 6.99. The zero-order chi connectivity index (χ0) is 41.0. The lowest BCUT2D eigenvalue weighted by atomic mass is 9.91. The molecule has 3 aromatic rings. The van der Waals surface area contributed by atoms with Crippen molar-refractivity contribution in [3.63, 3.8) is 0 Å². The molecule has 7 heteroatoms. The Morgan fingerprint density at radius 3 is 1.84 bits per heavy atom. The van der Waals surface area contributed by atoms with Gasteiger partial charge in [0.15, 0.2) is 8.32 Å². The van der Waals surface area contributed by atoms with Crippen molar-refractivity contribution in [2.75, 3.05) is 6.61 Å². The van der Waals surface area contributed by atoms with Crippen LogP contribution < -0.4 is 10.4 Å². The third kappa shape index (κ3) is 10.00. The van der Waals surface area contributed by atoms with Crippen molar-refractivity contribution in [2.24, 2.45) is 11.8 Å². The van der Waals surface area contributed by atoms with Crippen LogP contribution in [0.2, 0.25) is 23.2 Å². The highest BCUT2D eigenvalue weighted by Crippen LogP contribution is 2.46. The Kier molecular flexibility index (Phi) is 14.1. The summed E-state index contributed by atoms with van der Waals surface area (Å²) in [6.45, 7) is 30.7. The first-order chi connectivity index (χ1) is 26.2. The predicted octanol–water partition coefficient (Wildman–Crippen LogP) is 10.7. The molecule has 0 saturated carbocycles. The minimum Gasteiger partial charge on any atom is -0.411 e. The van der Waals surface area contributed by atoms with Gasteiger partial charge in [0, 0.05) is 18.4 Å². The molecule has 0 radical (unpaired) electrons. The van der Waals surface area contributed by atoms with Crippen molar-refractivity contribution in [2.45, 2.75) is 167 Å². The summed E-state index contributed by atoms with van der Waals surface area (Å²) in [5, 5.41) is 2.61. The Hall–Kier alpha value is -2.55. The van der Waals surface area contributed by atoms with Crippen LogP contribution in [-0.2, 0) is 29.7 Å². The highest BCUT2D eigenvalue weighted by Gasteiger charge is 2.53. The smallest absolute Gasteiger partial charge is 0.261 e. The van der Waals surface area contributed by atoms with Gasteiger partial charge in [-0.25, -0.2) is 0 Å². The second kappa shape index (κ2) is 17.7. The van der Waals surface area contributed by atoms with Crippen LogP contribution in [0, 0.1) is 23.7 Å². The van der Waals surface area contributed by atoms with Gasteiger partial charge in [0.2, 0.25) is 0 Å². The second-order valence-corrected chi connectivity index (χ2v) is 28.8. The maximum Gasteiger partial charge on any atom is 0.261 e. The molecular weight excluding hydrogens is 725 g/mol. The van der Waals surface area contributed by atoms with Crippen molar-refractivity contribution in [3.8, 4) is 11.8 Å². The van der Waals surface area contributed by atoms with Gasteiger partial charge in [-0.1, -0.05) is 151 Å². The molecule has 2 aliphatic rings. The summed E-state index contributed by atoms with van der Waals surface area (Å²) in [6.07, 6.45) is 3.50. The topological polar surface area (TPSA) is 46.2 Å². The van der Waals surface area contributed by atoms with E-state index in [9.17, 15) is 0 Å². The lowest BCUT2D eigenvalue weighted by molar-refractivity contribution is -0.161. The van der Waals surface area contributed by atoms with Gasteiger partial charge in [-0.2, -0.15) is 0 Å². The largest absolute Gasteiger partial charge is 0.411 e. The third-order valence-electron chi connectivity index (χ3n) is 13.2. The van der Waals surface area contributed by atoms with Crippen molar-refractivity contribution in [3.05, 3.63) is 96.6 Å². The summed E-state index contributed by atoms with van der Waals surface area (Å²) < 4.78 is 34.8. The van der Waals surface area contributed by atoms with Gasteiger partial charge in [-0.15, -0.1) is 0 Å². The summed E-state index contributed by atoms with van der Waals surface area (Å²) in [6, 6.07) is 32.2. The van der Waals surface area contributed by atoms with E-state index >= 15 is 0 Å². The Bertz CT molecular complexity index is 1700. The Morgan fingerprint density at radius 1 is 0.750 bits per heavy atom. The van der Waals surface area contributed by atoms with Gasteiger partial charge >= 0.3 is 0 Å². The van der Waals surface area contributed by atoms with E-state index in [0.29, 0.717) is 13.2 Å². The minimum absolute atomic E-state index is 0.0165. The van der Waals surface area contributed by atoms with Crippen molar-refractivity contribution in [1.82, 2.24) is 0 Å². The van der Waals surface area contributed by atoms with E-state index in [4.69, 9.17) is 23.1 Å². The maximum atomic E-state index is 7.42. The number of hydrogen-bond acceptors (Lipinski definition) is 5. The molecule has 0 aliphatic carbocycles. The van der Waals surface area contributed by atoms with Crippen LogP contribution in [0.5, 0.6) is 0 Å². The van der Waals surface area contributed by atoms with Gasteiger partial charge < -0.3 is 23.1 Å². The van der Waals surface area contributed by atoms with Crippen molar-refractivity contribution < 1.29 is 23.1 Å². The van der Waals surface area contributed by atoms with Gasteiger partial charge in [0.05, 0.1) is 36.1 Å². The van der Waals surface area contributed by atoms with E-state index in [1.54, 1.807) is 0 Å². The van der Waals surface area contributed by atoms with E-state index in [2.05, 4.69) is 186 Å². The molecule has 2 saturated heterocycles. The second-order valence-electron chi connectivity index (χ2n) is 19.7. The van der Waals surface area contributed by atoms with Gasteiger partial charge in [-0.05, 0) is 92.5 Å². The number of rotatable bonds is 14. The average molecular weight is 797 g/mol. The monoisotopic (exact) mass is 796 g/mol. The molecule has 5 nitrogen and oxygen atoms in total. The summed E-state index contributed by atoms with van der Waals surface area (Å²) in [4.78, 5) is 0. The standard InChI is InChI=1S/C49H72O5Si2/c1-37(29-30-41-31-33-49(11,52-41)44-32-34-48(10,53-44)39(3)54-55(12,13)46(4,5)6)45(50-36-40-23-17-14-18-24-40)38(2)35-51-56(47(7,8)9,42-25-19-15-20-26-42)43-27-21-16-22-28-43/h14-28,37-39,41,44-45H,31-36H2,1-13H3/t37-,38+,39+,41-,44+,45-,48-,49-/m0/s1. The molecule has 0 N–H and O–H groups in total. The first-order valence-corrected chi connectivity index (χ1v) is 26.0. The fraction of sp³-hybridized carbons (Fsp3) is 0.592. The molecule has 2 aliphatic heterocycles. The molecule has 0 aromatic heterocycles. The quantitative estimate of drug-likeness (QED) is 0.120. The van der Waals surface area contributed by atoms with Gasteiger partial charge in [0.1, 0.15) is 6.10 Å². The molecule has 0 amide bonds. The molecule has 306 valence electrons. The SMILES string of the molecule is C[C@H](CO[Si](c1ccccc1)(c1ccccc1)C(C)(C)C)[C@@H](OCc1ccccc1)[C@@H](C)C#C[C@H]1CC[C@@](C)([C@H]2CC[C@@](C)([C@@H](C)O[Si](C)(C)C(C)(C)C)O2)O1. The molecule has 0 bridgehead atoms. The van der Waals surface area contributed by atoms with Crippen molar-refractivity contribution in [1.29, 1.82) is 0 Å². The molecule has 2 heterocycles. The fourth-order valence-corrected chi connectivity index (χ4v) is 14.7. The lowest BCUT2D eigenvalue weighted by Crippen LogP contribution is -2.67. The van der Waals surface area contributed by atoms with Crippen LogP contribution in [0.4, 0.5) is 0 Å². The number of ether oxygens (including phenoxy) is 3. The average Bonchev–Trinajstić information content (AvgIpc) is 3.75. The maximum absolute atomic E-state index is 7.42. The first-order valence-electron chi connectivity index (χ1n) is 21.2. The molecule has 8 atom stereocenters. The zero-order valence-corrected chi connectivity index (χ0v) is 38.9. The Balaban J connectivity index is 1.32. The normalized spacial score (nSPS) is 25.6. The van der Waals surface area contributed by atoms with Crippen LogP contribution in [0.25, 0.3) is 0 Å². The van der Waals surface area contributed by atoms with Crippen LogP contribution >= 0.6 is 0 Å². The van der Waals surface area contributed by atoms with E-state index in [1.807, 2.05) is 6.07 Å². The predicted molar refractivity (Wildman–Crippen MR) is 237 cm³/mol. The lowest BCUT2D eigenvalue weighted by Gasteiger charge is -2.44. The van der Waals surface area contributed by atoms with Crippen LogP contribution in [0.1, 0.15) is 107 Å². The fourth-order valence-electron chi connectivity index (χ4n) is 8.52. The number of hydrogen-bond donors (Lipinski definition) is 0. The molecule has 0 unspecified atom stereocenters. The Labute approximate surface area is 342 Å². The summed E-state index contributed by atoms with van der Waals surface area (Å²) in [7, 11) is -4.65. The third-order valence-corrected chi connectivity index (χ3v) is 22.8. The van der Waals surface area contributed by atoms with E-state index in [-0.39, 0.29) is 57.5 Å². The van der Waals surface area contributed by atoms with Crippen LogP contribution in [-0.4, -0.2) is 58.9 Å². The molecule has 0 spiro atoms. The zero-order valence-electron chi connectivity index (χ0n) is 36.9. The first kappa shape index (κ1) is 44.6. The van der Waals surface area contributed by atoms with Gasteiger partial charge in [-0.3, -0.25) is 0 Å². The number of benzene rings is 3. The van der Waals surface area contributed by atoms with Gasteiger partial charge in [0.25, 0.3) is 8.32 Å². The summed E-state index contributed by atoms with van der Waals surface area (Å²) >= 11 is 0. The molecule has 5 rings (SSSR count). The molecule has 2 fully saturated rings. The highest BCUT2D eigenvalue weighted by atomic mass is 28.4. The summed E-state index contributed by atoms with van der Waals surface area (Å²) in [5.74, 6) is 7.26. The molecule has 56 heavy (non-hydrogen) atoms. The summed E-state index contributed by atoms with van der Waals surface area (Å²) in [5.41, 5.74) is 0.443. The van der Waals surface area contributed by atoms with Crippen LogP contribution in [0.3, 0.4) is 0 Å². The molecular formula is C49H72O5Si2. The van der Waals surface area contributed by atoms with Crippen LogP contribution in [0.15, 0.2) is 91.0 Å². The Morgan fingerprint density at radius 2 is 1.30 bits per heavy atom. The van der Waals surface area contributed by atoms with E-state index in [0.717, 1.165) is 31.2 Å². The van der Waals surface area contributed by atoms with E-state index < -0.39 is 16.6 Å². The minimum atomic E-state index is -2.72. The molecule has 3 aromatic carbocycles. The van der Waals surface area contributed by atoms with Crippen molar-refractivity contribution >= 4 is 27.0 Å².